The molecule has 31 heavy (non-hydrogen) atoms. The highest BCUT2D eigenvalue weighted by Crippen LogP contribution is 2.20. The Hall–Kier alpha value is -1.16. The molecule has 0 aromatic heterocycles. The lowest BCUT2D eigenvalue weighted by Gasteiger charge is -2.33. The number of allylic oxidation sites excluding steroid dienone is 2. The maximum atomic E-state index is 11.2. The molecule has 1 N–H and O–H groups in total. The largest absolute Gasteiger partial charge is 0.351 e. The predicted molar refractivity (Wildman–Crippen MR) is 136 cm³/mol. The Balaban J connectivity index is 1.98. The van der Waals surface area contributed by atoms with Gasteiger partial charge in [-0.1, -0.05) is 76.9 Å². The van der Waals surface area contributed by atoms with E-state index < -0.39 is 0 Å². The van der Waals surface area contributed by atoms with Gasteiger partial charge >= 0.3 is 0 Å². The van der Waals surface area contributed by atoms with Crippen LogP contribution >= 0.6 is 0 Å². The van der Waals surface area contributed by atoms with Crippen LogP contribution in [0.3, 0.4) is 0 Å². The highest BCUT2D eigenvalue weighted by molar-refractivity contribution is 5.77. The Morgan fingerprint density at radius 1 is 0.903 bits per heavy atom. The number of quaternary nitrogens is 1. The van der Waals surface area contributed by atoms with Crippen LogP contribution in [0.15, 0.2) is 17.1 Å². The molecule has 1 atom stereocenters. The zero-order valence-electron chi connectivity index (χ0n) is 21.1. The number of amides is 1. The standard InChI is InChI=1S/C27H51N3O/c1-4-6-7-8-9-10-11-12-13-14-15-16-17-18-19-20-21-27-29-23-25-30(27,5-2)24-22-28-26(3)31/h10-11H,4-9,12-25H2,1-3H3/p+1/b11-10+. The van der Waals surface area contributed by atoms with Crippen LogP contribution in [0.2, 0.25) is 0 Å². The maximum absolute atomic E-state index is 11.2. The number of carbonyl (C=O) groups is 1. The Morgan fingerprint density at radius 2 is 1.48 bits per heavy atom. The van der Waals surface area contributed by atoms with Gasteiger partial charge in [0.25, 0.3) is 0 Å². The molecule has 180 valence electrons. The minimum Gasteiger partial charge on any atom is -0.351 e. The lowest BCUT2D eigenvalue weighted by Crippen LogP contribution is -2.54. The highest BCUT2D eigenvalue weighted by atomic mass is 16.1. The fraction of sp³-hybridized carbons (Fsp3) is 0.852. The summed E-state index contributed by atoms with van der Waals surface area (Å²) in [4.78, 5) is 16.0. The van der Waals surface area contributed by atoms with Crippen molar-refractivity contribution in [3.63, 3.8) is 0 Å². The fourth-order valence-electron chi connectivity index (χ4n) is 4.68. The molecule has 4 heteroatoms. The van der Waals surface area contributed by atoms with E-state index >= 15 is 0 Å². The topological polar surface area (TPSA) is 41.5 Å². The number of rotatable bonds is 20. The second-order valence-electron chi connectivity index (χ2n) is 9.38. The van der Waals surface area contributed by atoms with Gasteiger partial charge in [0.05, 0.1) is 19.6 Å². The summed E-state index contributed by atoms with van der Waals surface area (Å²) in [6, 6.07) is 0. The zero-order chi connectivity index (χ0) is 22.6. The van der Waals surface area contributed by atoms with Gasteiger partial charge in [0.1, 0.15) is 13.1 Å². The van der Waals surface area contributed by atoms with Crippen LogP contribution in [-0.2, 0) is 4.79 Å². The molecule has 1 rings (SSSR count). The smallest absolute Gasteiger partial charge is 0.217 e. The van der Waals surface area contributed by atoms with Gasteiger partial charge in [-0.2, -0.15) is 0 Å². The van der Waals surface area contributed by atoms with E-state index in [0.29, 0.717) is 0 Å². The lowest BCUT2D eigenvalue weighted by molar-refractivity contribution is -0.833. The van der Waals surface area contributed by atoms with E-state index in [9.17, 15) is 4.79 Å². The van der Waals surface area contributed by atoms with Crippen LogP contribution in [0.5, 0.6) is 0 Å². The first kappa shape index (κ1) is 27.9. The first-order chi connectivity index (χ1) is 15.1. The number of hydrogen-bond donors (Lipinski definition) is 1. The van der Waals surface area contributed by atoms with Crippen LogP contribution in [-0.4, -0.2) is 48.9 Å². The first-order valence-corrected chi connectivity index (χ1v) is 13.4. The molecule has 4 nitrogen and oxygen atoms in total. The molecule has 0 aromatic carbocycles. The van der Waals surface area contributed by atoms with Gasteiger partial charge in [-0.15, -0.1) is 0 Å². The molecule has 0 saturated carbocycles. The molecule has 0 radical (unpaired) electrons. The van der Waals surface area contributed by atoms with Gasteiger partial charge in [-0.25, -0.2) is 4.99 Å². The van der Waals surface area contributed by atoms with E-state index in [-0.39, 0.29) is 5.91 Å². The number of aliphatic imine (C=N–C) groups is 1. The van der Waals surface area contributed by atoms with Crippen molar-refractivity contribution in [2.24, 2.45) is 4.99 Å². The van der Waals surface area contributed by atoms with Gasteiger partial charge in [0.15, 0.2) is 5.84 Å². The third-order valence-electron chi connectivity index (χ3n) is 6.80. The van der Waals surface area contributed by atoms with Gasteiger partial charge in [0, 0.05) is 13.3 Å². The minimum atomic E-state index is 0.0706. The number of nitrogens with zero attached hydrogens (tertiary/aromatic N) is 2. The Morgan fingerprint density at radius 3 is 2.06 bits per heavy atom. The molecule has 0 bridgehead atoms. The molecule has 1 heterocycles. The molecule has 0 aromatic rings. The van der Waals surface area contributed by atoms with Gasteiger partial charge in [-0.05, 0) is 39.0 Å². The van der Waals surface area contributed by atoms with Crippen molar-refractivity contribution in [2.75, 3.05) is 32.7 Å². The van der Waals surface area contributed by atoms with E-state index in [1.165, 1.54) is 95.7 Å². The molecular formula is C27H52N3O+. The monoisotopic (exact) mass is 434 g/mol. The van der Waals surface area contributed by atoms with Crippen LogP contribution in [0.4, 0.5) is 0 Å². The molecule has 1 unspecified atom stereocenters. The maximum Gasteiger partial charge on any atom is 0.217 e. The van der Waals surface area contributed by atoms with Gasteiger partial charge in [-0.3, -0.25) is 9.28 Å². The predicted octanol–water partition coefficient (Wildman–Crippen LogP) is 6.80. The van der Waals surface area contributed by atoms with E-state index in [0.717, 1.165) is 43.6 Å². The van der Waals surface area contributed by atoms with E-state index in [1.54, 1.807) is 6.92 Å². The van der Waals surface area contributed by atoms with Crippen molar-refractivity contribution in [1.29, 1.82) is 0 Å². The number of unbranched alkanes of at least 4 members (excludes halogenated alkanes) is 12. The first-order valence-electron chi connectivity index (χ1n) is 13.4. The van der Waals surface area contributed by atoms with Crippen molar-refractivity contribution >= 4 is 11.7 Å². The second kappa shape index (κ2) is 18.4. The number of amidine groups is 1. The van der Waals surface area contributed by atoms with Crippen LogP contribution in [0.25, 0.3) is 0 Å². The number of nitrogens with one attached hydrogen (secondary N) is 1. The molecule has 1 aliphatic heterocycles. The van der Waals surface area contributed by atoms with E-state index in [1.807, 2.05) is 0 Å². The summed E-state index contributed by atoms with van der Waals surface area (Å²) >= 11 is 0. The molecule has 0 saturated heterocycles. The average Bonchev–Trinajstić information content (AvgIpc) is 3.16. The Bertz CT molecular complexity index is 515. The van der Waals surface area contributed by atoms with Crippen molar-refractivity contribution in [1.82, 2.24) is 5.32 Å². The molecule has 0 fully saturated rings. The Kier molecular flexibility index (Phi) is 16.6. The summed E-state index contributed by atoms with van der Waals surface area (Å²) in [6.45, 7) is 11.0. The Labute approximate surface area is 193 Å². The number of hydrogen-bond acceptors (Lipinski definition) is 2. The highest BCUT2D eigenvalue weighted by Gasteiger charge is 2.35. The summed E-state index contributed by atoms with van der Waals surface area (Å²) in [7, 11) is 0. The SMILES string of the molecule is CCCCCC/C=C/CCCCCCCCCCC1=NCC[N+]1(CC)CCNC(C)=O. The zero-order valence-corrected chi connectivity index (χ0v) is 21.1. The van der Waals surface area contributed by atoms with E-state index in [4.69, 9.17) is 4.99 Å². The molecular weight excluding hydrogens is 382 g/mol. The summed E-state index contributed by atoms with van der Waals surface area (Å²) in [6.07, 6.45) is 24.9. The third kappa shape index (κ3) is 13.1. The summed E-state index contributed by atoms with van der Waals surface area (Å²) in [5.41, 5.74) is 0. The second-order valence-corrected chi connectivity index (χ2v) is 9.38. The molecule has 0 aliphatic carbocycles. The minimum absolute atomic E-state index is 0.0706. The number of carbonyl (C=O) groups excluding carboxylic acids is 1. The summed E-state index contributed by atoms with van der Waals surface area (Å²) in [5, 5.41) is 2.96. The summed E-state index contributed by atoms with van der Waals surface area (Å²) in [5.74, 6) is 1.45. The van der Waals surface area contributed by atoms with Crippen molar-refractivity contribution in [3.05, 3.63) is 12.2 Å². The quantitative estimate of drug-likeness (QED) is 0.128. The third-order valence-corrected chi connectivity index (χ3v) is 6.80. The van der Waals surface area contributed by atoms with Gasteiger partial charge in [0.2, 0.25) is 5.91 Å². The lowest BCUT2D eigenvalue weighted by atomic mass is 10.1. The van der Waals surface area contributed by atoms with Crippen LogP contribution in [0.1, 0.15) is 117 Å². The van der Waals surface area contributed by atoms with Crippen molar-refractivity contribution in [2.45, 2.75) is 117 Å². The summed E-state index contributed by atoms with van der Waals surface area (Å²) < 4.78 is 0.994. The molecule has 0 spiro atoms. The number of likely N-dealkylation sites (N-methyl/N-ethyl adjacent to an activating group) is 1. The molecule has 1 amide bonds. The van der Waals surface area contributed by atoms with Crippen LogP contribution in [0, 0.1) is 0 Å². The molecule has 1 aliphatic rings. The normalized spacial score (nSPS) is 18.6. The van der Waals surface area contributed by atoms with Crippen LogP contribution < -0.4 is 5.32 Å². The average molecular weight is 435 g/mol. The van der Waals surface area contributed by atoms with Gasteiger partial charge < -0.3 is 5.32 Å². The van der Waals surface area contributed by atoms with Crippen molar-refractivity contribution < 1.29 is 9.28 Å². The fourth-order valence-corrected chi connectivity index (χ4v) is 4.68. The van der Waals surface area contributed by atoms with E-state index in [2.05, 4.69) is 31.3 Å². The van der Waals surface area contributed by atoms with Crippen molar-refractivity contribution in [3.8, 4) is 0 Å².